The number of benzene rings is 1. The van der Waals surface area contributed by atoms with Crippen LogP contribution >= 0.6 is 0 Å². The van der Waals surface area contributed by atoms with Crippen LogP contribution in [-0.2, 0) is 16.0 Å². The first-order valence-electron chi connectivity index (χ1n) is 8.62. The largest absolute Gasteiger partial charge is 0.872 e. The molecule has 2 aromatic rings. The fourth-order valence-corrected chi connectivity index (χ4v) is 3.68. The Kier molecular flexibility index (Phi) is 4.19. The summed E-state index contributed by atoms with van der Waals surface area (Å²) in [6.07, 6.45) is 1.42. The van der Waals surface area contributed by atoms with Gasteiger partial charge in [0.05, 0.1) is 13.2 Å². The highest BCUT2D eigenvalue weighted by Gasteiger charge is 2.30. The molecule has 4 rings (SSSR count). The number of ether oxygens (including phenoxy) is 1. The number of hydrogen-bond donors (Lipinski definition) is 1. The Morgan fingerprint density at radius 3 is 2.88 bits per heavy atom. The average Bonchev–Trinajstić information content (AvgIpc) is 2.63. The summed E-state index contributed by atoms with van der Waals surface area (Å²) < 4.78 is 10.7. The van der Waals surface area contributed by atoms with Gasteiger partial charge in [-0.25, -0.2) is 4.79 Å². The highest BCUT2D eigenvalue weighted by Crippen LogP contribution is 2.31. The van der Waals surface area contributed by atoms with Gasteiger partial charge in [0.1, 0.15) is 24.4 Å². The van der Waals surface area contributed by atoms with Crippen molar-refractivity contribution in [3.8, 4) is 5.75 Å². The molecule has 1 amide bonds. The molecule has 25 heavy (non-hydrogen) atoms. The SMILES string of the molecule is O=C(C[NH+]1CCOCC1)N1CCCc2c1c(=O)oc1ccc([O-])cc21. The summed E-state index contributed by atoms with van der Waals surface area (Å²) in [4.78, 5) is 28.0. The highest BCUT2D eigenvalue weighted by atomic mass is 16.5. The van der Waals surface area contributed by atoms with E-state index in [1.54, 1.807) is 4.90 Å². The number of morpholine rings is 1. The molecule has 0 bridgehead atoms. The third kappa shape index (κ3) is 3.01. The fraction of sp³-hybridized carbons (Fsp3) is 0.444. The van der Waals surface area contributed by atoms with Gasteiger partial charge in [-0.3, -0.25) is 4.79 Å². The first kappa shape index (κ1) is 16.1. The van der Waals surface area contributed by atoms with Gasteiger partial charge < -0.3 is 24.1 Å². The molecule has 0 saturated carbocycles. The van der Waals surface area contributed by atoms with E-state index in [0.717, 1.165) is 30.0 Å². The highest BCUT2D eigenvalue weighted by molar-refractivity contribution is 5.98. The Balaban J connectivity index is 1.71. The first-order valence-corrected chi connectivity index (χ1v) is 8.62. The van der Waals surface area contributed by atoms with Crippen LogP contribution in [0.5, 0.6) is 5.75 Å². The van der Waals surface area contributed by atoms with Crippen molar-refractivity contribution in [2.75, 3.05) is 44.3 Å². The molecule has 1 fully saturated rings. The van der Waals surface area contributed by atoms with Crippen molar-refractivity contribution in [3.63, 3.8) is 0 Å². The number of nitrogens with zero attached hydrogens (tertiary/aromatic N) is 1. The Morgan fingerprint density at radius 1 is 1.28 bits per heavy atom. The van der Waals surface area contributed by atoms with E-state index in [2.05, 4.69) is 0 Å². The molecule has 0 atom stereocenters. The van der Waals surface area contributed by atoms with Crippen LogP contribution in [0, 0.1) is 0 Å². The van der Waals surface area contributed by atoms with Crippen LogP contribution in [0.2, 0.25) is 0 Å². The maximum Gasteiger partial charge on any atom is 0.360 e. The van der Waals surface area contributed by atoms with Crippen molar-refractivity contribution in [2.45, 2.75) is 12.8 Å². The van der Waals surface area contributed by atoms with Gasteiger partial charge in [-0.2, -0.15) is 0 Å². The van der Waals surface area contributed by atoms with Crippen LogP contribution in [0.1, 0.15) is 12.0 Å². The number of fused-ring (bicyclic) bond motifs is 3. The predicted octanol–water partition coefficient (Wildman–Crippen LogP) is -0.939. The van der Waals surface area contributed by atoms with E-state index in [0.29, 0.717) is 49.4 Å². The predicted molar refractivity (Wildman–Crippen MR) is 89.0 cm³/mol. The number of quaternary nitrogens is 1. The molecule has 7 heteroatoms. The lowest BCUT2D eigenvalue weighted by atomic mass is 9.98. The first-order chi connectivity index (χ1) is 12.1. The summed E-state index contributed by atoms with van der Waals surface area (Å²) in [6, 6.07) is 4.39. The molecule has 3 heterocycles. The zero-order valence-electron chi connectivity index (χ0n) is 13.9. The number of anilines is 1. The Hall–Kier alpha value is -2.38. The lowest BCUT2D eigenvalue weighted by Gasteiger charge is -2.31. The van der Waals surface area contributed by atoms with Gasteiger partial charge in [-0.15, -0.1) is 5.75 Å². The molecule has 7 nitrogen and oxygen atoms in total. The van der Waals surface area contributed by atoms with Gasteiger partial charge >= 0.3 is 5.63 Å². The van der Waals surface area contributed by atoms with Crippen molar-refractivity contribution in [2.24, 2.45) is 0 Å². The Bertz CT molecular complexity index is 870. The zero-order valence-corrected chi connectivity index (χ0v) is 13.9. The van der Waals surface area contributed by atoms with Crippen molar-refractivity contribution in [1.82, 2.24) is 0 Å². The van der Waals surface area contributed by atoms with E-state index >= 15 is 0 Å². The quantitative estimate of drug-likeness (QED) is 0.711. The van der Waals surface area contributed by atoms with E-state index in [1.165, 1.54) is 18.2 Å². The maximum absolute atomic E-state index is 12.8. The topological polar surface area (TPSA) is 87.2 Å². The number of amides is 1. The van der Waals surface area contributed by atoms with Crippen molar-refractivity contribution >= 4 is 22.6 Å². The summed E-state index contributed by atoms with van der Waals surface area (Å²) >= 11 is 0. The summed E-state index contributed by atoms with van der Waals surface area (Å²) in [5.74, 6) is -0.215. The van der Waals surface area contributed by atoms with Crippen LogP contribution in [0.15, 0.2) is 27.4 Å². The van der Waals surface area contributed by atoms with Crippen molar-refractivity contribution < 1.29 is 24.0 Å². The van der Waals surface area contributed by atoms with Crippen molar-refractivity contribution in [1.29, 1.82) is 0 Å². The van der Waals surface area contributed by atoms with Crippen molar-refractivity contribution in [3.05, 3.63) is 34.2 Å². The second-order valence-electron chi connectivity index (χ2n) is 6.56. The van der Waals surface area contributed by atoms with Crippen LogP contribution in [0.4, 0.5) is 5.69 Å². The molecule has 0 radical (unpaired) electrons. The van der Waals surface area contributed by atoms with E-state index in [1.807, 2.05) is 0 Å². The molecule has 1 aromatic heterocycles. The van der Waals surface area contributed by atoms with Crippen LogP contribution in [0.25, 0.3) is 11.0 Å². The lowest BCUT2D eigenvalue weighted by Crippen LogP contribution is -3.15. The second-order valence-corrected chi connectivity index (χ2v) is 6.56. The van der Waals surface area contributed by atoms with Gasteiger partial charge in [0.25, 0.3) is 5.91 Å². The number of carbonyl (C=O) groups is 1. The number of hydrogen-bond acceptors (Lipinski definition) is 5. The molecule has 1 N–H and O–H groups in total. The van der Waals surface area contributed by atoms with E-state index in [9.17, 15) is 14.7 Å². The number of carbonyl (C=O) groups excluding carboxylic acids is 1. The second kappa shape index (κ2) is 6.50. The van der Waals surface area contributed by atoms with Gasteiger partial charge in [0.15, 0.2) is 6.54 Å². The molecule has 1 aromatic carbocycles. The Morgan fingerprint density at radius 2 is 2.08 bits per heavy atom. The molecular formula is C18H20N2O5. The lowest BCUT2D eigenvalue weighted by molar-refractivity contribution is -0.900. The van der Waals surface area contributed by atoms with Gasteiger partial charge in [-0.05, 0) is 24.5 Å². The van der Waals surface area contributed by atoms with Crippen LogP contribution in [-0.4, -0.2) is 45.3 Å². The average molecular weight is 344 g/mol. The maximum atomic E-state index is 12.8. The van der Waals surface area contributed by atoms with E-state index in [-0.39, 0.29) is 11.7 Å². The normalized spacial score (nSPS) is 18.3. The third-order valence-electron chi connectivity index (χ3n) is 4.94. The molecule has 1 saturated heterocycles. The summed E-state index contributed by atoms with van der Waals surface area (Å²) in [6.45, 7) is 3.72. The molecule has 132 valence electrons. The number of aryl methyl sites for hydroxylation is 1. The van der Waals surface area contributed by atoms with Gasteiger partial charge in [0.2, 0.25) is 0 Å². The minimum atomic E-state index is -0.508. The zero-order chi connectivity index (χ0) is 17.4. The Labute approximate surface area is 144 Å². The molecule has 0 unspecified atom stereocenters. The molecule has 2 aliphatic heterocycles. The van der Waals surface area contributed by atoms with E-state index in [4.69, 9.17) is 9.15 Å². The van der Waals surface area contributed by atoms with Gasteiger partial charge in [-0.1, -0.05) is 12.1 Å². The number of rotatable bonds is 2. The summed E-state index contributed by atoms with van der Waals surface area (Å²) in [7, 11) is 0. The smallest absolute Gasteiger partial charge is 0.360 e. The standard InChI is InChI=1S/C18H20N2O5/c21-12-3-4-15-14(10-12)13-2-1-5-20(17(13)18(23)25-15)16(22)11-19-6-8-24-9-7-19/h3-4,10,21H,1-2,5-9,11H2. The summed E-state index contributed by atoms with van der Waals surface area (Å²) in [5, 5.41) is 12.4. The fourth-order valence-electron chi connectivity index (χ4n) is 3.68. The molecular weight excluding hydrogens is 324 g/mol. The monoisotopic (exact) mass is 344 g/mol. The summed E-state index contributed by atoms with van der Waals surface area (Å²) in [5.41, 5.74) is 0.949. The van der Waals surface area contributed by atoms with Gasteiger partial charge in [0, 0.05) is 11.9 Å². The molecule has 0 aliphatic carbocycles. The van der Waals surface area contributed by atoms with Crippen LogP contribution < -0.4 is 20.5 Å². The van der Waals surface area contributed by atoms with E-state index < -0.39 is 5.63 Å². The molecule has 2 aliphatic rings. The number of nitrogens with one attached hydrogen (secondary N) is 1. The molecule has 0 spiro atoms. The minimum Gasteiger partial charge on any atom is -0.872 e. The minimum absolute atomic E-state index is 0.0808. The van der Waals surface area contributed by atoms with Crippen LogP contribution in [0.3, 0.4) is 0 Å². The third-order valence-corrected chi connectivity index (χ3v) is 4.94.